The second kappa shape index (κ2) is 9.62. The van der Waals surface area contributed by atoms with Crippen molar-refractivity contribution in [3.63, 3.8) is 0 Å². The molecule has 1 aliphatic carbocycles. The van der Waals surface area contributed by atoms with E-state index in [4.69, 9.17) is 9.97 Å². The predicted molar refractivity (Wildman–Crippen MR) is 149 cm³/mol. The van der Waals surface area contributed by atoms with Gasteiger partial charge in [-0.3, -0.25) is 4.79 Å². The van der Waals surface area contributed by atoms with Gasteiger partial charge < -0.3 is 5.32 Å². The van der Waals surface area contributed by atoms with Crippen molar-refractivity contribution in [3.8, 4) is 22.5 Å². The van der Waals surface area contributed by atoms with E-state index in [0.717, 1.165) is 52.9 Å². The summed E-state index contributed by atoms with van der Waals surface area (Å²) in [6, 6.07) is 30.7. The zero-order valence-electron chi connectivity index (χ0n) is 21.2. The topological polar surface area (TPSA) is 54.9 Å². The van der Waals surface area contributed by atoms with Crippen LogP contribution in [0.15, 0.2) is 91.0 Å². The van der Waals surface area contributed by atoms with E-state index in [0.29, 0.717) is 11.1 Å². The Morgan fingerprint density at radius 1 is 0.757 bits per heavy atom. The Morgan fingerprint density at radius 2 is 1.43 bits per heavy atom. The molecule has 6 rings (SSSR count). The molecule has 1 atom stereocenters. The minimum Gasteiger partial charge on any atom is -0.345 e. The smallest absolute Gasteiger partial charge is 0.251 e. The Bertz CT molecular complexity index is 1640. The van der Waals surface area contributed by atoms with Gasteiger partial charge in [0.25, 0.3) is 5.91 Å². The van der Waals surface area contributed by atoms with Crippen LogP contribution < -0.4 is 5.32 Å². The quantitative estimate of drug-likeness (QED) is 0.290. The maximum Gasteiger partial charge on any atom is 0.251 e. The first-order valence-electron chi connectivity index (χ1n) is 12.9. The molecule has 37 heavy (non-hydrogen) atoms. The van der Waals surface area contributed by atoms with Crippen LogP contribution in [0.3, 0.4) is 0 Å². The first-order valence-corrected chi connectivity index (χ1v) is 12.9. The van der Waals surface area contributed by atoms with Crippen molar-refractivity contribution >= 4 is 16.9 Å². The van der Waals surface area contributed by atoms with Gasteiger partial charge in [0.05, 0.1) is 28.5 Å². The molecule has 1 heterocycles. The second-order valence-electron chi connectivity index (χ2n) is 9.98. The molecule has 0 spiro atoms. The predicted octanol–water partition coefficient (Wildman–Crippen LogP) is 7.39. The van der Waals surface area contributed by atoms with Crippen LogP contribution in [0.4, 0.5) is 0 Å². The Morgan fingerprint density at radius 3 is 2.14 bits per heavy atom. The van der Waals surface area contributed by atoms with Crippen molar-refractivity contribution in [2.45, 2.75) is 39.2 Å². The summed E-state index contributed by atoms with van der Waals surface area (Å²) in [4.78, 5) is 23.5. The van der Waals surface area contributed by atoms with Crippen LogP contribution in [0.2, 0.25) is 0 Å². The standard InChI is InChI=1S/C33H29N3O/c1-21-8-5-12-24(18-21)31-32(25-13-6-9-22(2)19-25)35-30-20-26(16-17-29(30)34-31)33(37)36-28-15-7-11-23-10-3-4-14-27(23)28/h3-6,8-10,12-14,16-20,28H,7,11,15H2,1-2H3,(H,36,37)/t28-/m1/s1. The van der Waals surface area contributed by atoms with Gasteiger partial charge in [-0.1, -0.05) is 71.8 Å². The van der Waals surface area contributed by atoms with Gasteiger partial charge in [-0.15, -0.1) is 0 Å². The lowest BCUT2D eigenvalue weighted by atomic mass is 9.87. The first kappa shape index (κ1) is 23.1. The molecule has 4 nitrogen and oxygen atoms in total. The molecule has 4 heteroatoms. The van der Waals surface area contributed by atoms with Crippen molar-refractivity contribution in [3.05, 3.63) is 119 Å². The molecule has 4 aromatic carbocycles. The van der Waals surface area contributed by atoms with Crippen molar-refractivity contribution in [1.82, 2.24) is 15.3 Å². The second-order valence-corrected chi connectivity index (χ2v) is 9.98. The SMILES string of the molecule is Cc1cccc(-c2nc3ccc(C(=O)N[C@@H]4CCCc5ccccc54)cc3nc2-c2cccc(C)c2)c1. The van der Waals surface area contributed by atoms with Crippen molar-refractivity contribution < 1.29 is 4.79 Å². The fraction of sp³-hybridized carbons (Fsp3) is 0.182. The fourth-order valence-electron chi connectivity index (χ4n) is 5.33. The number of fused-ring (bicyclic) bond motifs is 2. The molecule has 0 aliphatic heterocycles. The van der Waals surface area contributed by atoms with E-state index < -0.39 is 0 Å². The minimum atomic E-state index is -0.0785. The molecule has 1 amide bonds. The number of nitrogens with zero attached hydrogens (tertiary/aromatic N) is 2. The van der Waals surface area contributed by atoms with Crippen molar-refractivity contribution in [2.24, 2.45) is 0 Å². The van der Waals surface area contributed by atoms with Crippen molar-refractivity contribution in [1.29, 1.82) is 0 Å². The molecule has 1 N–H and O–H groups in total. The number of nitrogens with one attached hydrogen (secondary N) is 1. The number of aryl methyl sites for hydroxylation is 3. The maximum atomic E-state index is 13.3. The van der Waals surface area contributed by atoms with Gasteiger partial charge in [0.15, 0.2) is 0 Å². The highest BCUT2D eigenvalue weighted by atomic mass is 16.1. The van der Waals surface area contributed by atoms with Gasteiger partial charge >= 0.3 is 0 Å². The number of rotatable bonds is 4. The van der Waals surface area contributed by atoms with E-state index in [1.807, 2.05) is 36.4 Å². The minimum absolute atomic E-state index is 0.0331. The third-order valence-corrected chi connectivity index (χ3v) is 7.18. The molecular weight excluding hydrogens is 454 g/mol. The van der Waals surface area contributed by atoms with Crippen LogP contribution in [0.25, 0.3) is 33.5 Å². The molecule has 0 bridgehead atoms. The van der Waals surface area contributed by atoms with Gasteiger partial charge in [0.2, 0.25) is 0 Å². The van der Waals surface area contributed by atoms with Crippen LogP contribution in [0.5, 0.6) is 0 Å². The Hall–Kier alpha value is -4.31. The van der Waals surface area contributed by atoms with E-state index >= 15 is 0 Å². The summed E-state index contributed by atoms with van der Waals surface area (Å²) in [6.07, 6.45) is 3.10. The molecule has 0 unspecified atom stereocenters. The lowest BCUT2D eigenvalue weighted by Crippen LogP contribution is -2.30. The van der Waals surface area contributed by atoms with Crippen LogP contribution in [0, 0.1) is 13.8 Å². The third-order valence-electron chi connectivity index (χ3n) is 7.18. The average molecular weight is 484 g/mol. The average Bonchev–Trinajstić information content (AvgIpc) is 2.92. The van der Waals surface area contributed by atoms with E-state index in [2.05, 4.69) is 73.8 Å². The van der Waals surface area contributed by atoms with E-state index in [-0.39, 0.29) is 11.9 Å². The van der Waals surface area contributed by atoms with Crippen LogP contribution in [-0.4, -0.2) is 15.9 Å². The van der Waals surface area contributed by atoms with Crippen LogP contribution >= 0.6 is 0 Å². The summed E-state index contributed by atoms with van der Waals surface area (Å²) in [6.45, 7) is 4.16. The maximum absolute atomic E-state index is 13.3. The molecule has 1 aliphatic rings. The third kappa shape index (κ3) is 4.63. The monoisotopic (exact) mass is 483 g/mol. The Kier molecular flexibility index (Phi) is 6.01. The molecule has 5 aromatic rings. The van der Waals surface area contributed by atoms with Gasteiger partial charge in [0.1, 0.15) is 0 Å². The van der Waals surface area contributed by atoms with Gasteiger partial charge in [-0.2, -0.15) is 0 Å². The van der Waals surface area contributed by atoms with Crippen molar-refractivity contribution in [2.75, 3.05) is 0 Å². The summed E-state index contributed by atoms with van der Waals surface area (Å²) < 4.78 is 0. The molecule has 182 valence electrons. The summed E-state index contributed by atoms with van der Waals surface area (Å²) >= 11 is 0. The van der Waals surface area contributed by atoms with E-state index in [1.54, 1.807) is 0 Å². The molecule has 0 radical (unpaired) electrons. The summed E-state index contributed by atoms with van der Waals surface area (Å²) in [5, 5.41) is 3.27. The number of carbonyl (C=O) groups excluding carboxylic acids is 1. The number of amides is 1. The first-order chi connectivity index (χ1) is 18.0. The van der Waals surface area contributed by atoms with Crippen LogP contribution in [-0.2, 0) is 6.42 Å². The molecule has 1 aromatic heterocycles. The number of hydrogen-bond acceptors (Lipinski definition) is 3. The summed E-state index contributed by atoms with van der Waals surface area (Å²) in [5.41, 5.74) is 10.7. The van der Waals surface area contributed by atoms with Gasteiger partial charge in [-0.25, -0.2) is 9.97 Å². The fourth-order valence-corrected chi connectivity index (χ4v) is 5.33. The number of aromatic nitrogens is 2. The largest absolute Gasteiger partial charge is 0.345 e. The van der Waals surface area contributed by atoms with E-state index in [9.17, 15) is 4.79 Å². The van der Waals surface area contributed by atoms with E-state index in [1.165, 1.54) is 16.7 Å². The highest BCUT2D eigenvalue weighted by Gasteiger charge is 2.22. The zero-order chi connectivity index (χ0) is 25.4. The molecule has 0 fully saturated rings. The number of hydrogen-bond donors (Lipinski definition) is 1. The molecular formula is C33H29N3O. The zero-order valence-corrected chi connectivity index (χ0v) is 21.2. The lowest BCUT2D eigenvalue weighted by molar-refractivity contribution is 0.0933. The number of carbonyl (C=O) groups is 1. The lowest BCUT2D eigenvalue weighted by Gasteiger charge is -2.26. The Labute approximate surface area is 217 Å². The number of benzene rings is 4. The summed E-state index contributed by atoms with van der Waals surface area (Å²) in [5.74, 6) is -0.0785. The van der Waals surface area contributed by atoms with Gasteiger partial charge in [0, 0.05) is 16.7 Å². The normalized spacial score (nSPS) is 14.8. The highest BCUT2D eigenvalue weighted by Crippen LogP contribution is 2.33. The summed E-state index contributed by atoms with van der Waals surface area (Å²) in [7, 11) is 0. The molecule has 0 saturated carbocycles. The van der Waals surface area contributed by atoms with Crippen LogP contribution in [0.1, 0.15) is 51.5 Å². The highest BCUT2D eigenvalue weighted by molar-refractivity contribution is 5.98. The Balaban J connectivity index is 1.41. The van der Waals surface area contributed by atoms with Gasteiger partial charge in [-0.05, 0) is 74.6 Å². The molecule has 0 saturated heterocycles.